The number of carbonyl (C=O) groups excluding carboxylic acids is 1. The third-order valence-corrected chi connectivity index (χ3v) is 4.13. The van der Waals surface area contributed by atoms with Gasteiger partial charge in [0.25, 0.3) is 0 Å². The second kappa shape index (κ2) is 8.11. The van der Waals surface area contributed by atoms with Crippen LogP contribution in [0.4, 0.5) is 5.69 Å². The maximum absolute atomic E-state index is 12.0. The van der Waals surface area contributed by atoms with Crippen LogP contribution in [0.25, 0.3) is 6.08 Å². The van der Waals surface area contributed by atoms with Crippen LogP contribution in [-0.4, -0.2) is 11.7 Å². The van der Waals surface area contributed by atoms with Crippen molar-refractivity contribution in [3.8, 4) is 6.07 Å². The Balaban J connectivity index is 2.00. The smallest absolute Gasteiger partial charge is 0.248 e. The minimum atomic E-state index is -0.224. The van der Waals surface area contributed by atoms with Crippen molar-refractivity contribution < 1.29 is 9.21 Å². The van der Waals surface area contributed by atoms with Gasteiger partial charge in [-0.25, -0.2) is 0 Å². The Morgan fingerprint density at radius 1 is 1.41 bits per heavy atom. The summed E-state index contributed by atoms with van der Waals surface area (Å²) >= 11 is 1.56. The van der Waals surface area contributed by atoms with Crippen LogP contribution in [0.15, 0.2) is 58.1 Å². The lowest BCUT2D eigenvalue weighted by molar-refractivity contribution is -0.111. The van der Waals surface area contributed by atoms with Gasteiger partial charge in [0.15, 0.2) is 0 Å². The average molecular weight is 312 g/mol. The Morgan fingerprint density at radius 2 is 2.23 bits per heavy atom. The van der Waals surface area contributed by atoms with Gasteiger partial charge in [0.05, 0.1) is 23.9 Å². The molecule has 1 aromatic carbocycles. The number of furan rings is 1. The van der Waals surface area contributed by atoms with Gasteiger partial charge in [-0.1, -0.05) is 12.1 Å². The fraction of sp³-hybridized carbons (Fsp3) is 0.176. The van der Waals surface area contributed by atoms with Crippen LogP contribution in [0.3, 0.4) is 0 Å². The summed E-state index contributed by atoms with van der Waals surface area (Å²) in [6.45, 7) is 1.88. The molecule has 1 aromatic heterocycles. The molecule has 0 aliphatic heterocycles. The fourth-order valence-electron chi connectivity index (χ4n) is 1.67. The highest BCUT2D eigenvalue weighted by Gasteiger charge is 2.07. The summed E-state index contributed by atoms with van der Waals surface area (Å²) < 4.78 is 5.13. The Kier molecular flexibility index (Phi) is 5.87. The van der Waals surface area contributed by atoms with Gasteiger partial charge >= 0.3 is 0 Å². The highest BCUT2D eigenvalue weighted by molar-refractivity contribution is 7.99. The predicted octanol–water partition coefficient (Wildman–Crippen LogP) is 4.18. The Morgan fingerprint density at radius 3 is 2.95 bits per heavy atom. The number of rotatable bonds is 6. The van der Waals surface area contributed by atoms with E-state index in [1.165, 1.54) is 6.08 Å². The highest BCUT2D eigenvalue weighted by atomic mass is 32.2. The van der Waals surface area contributed by atoms with Crippen LogP contribution >= 0.6 is 11.8 Å². The van der Waals surface area contributed by atoms with Gasteiger partial charge in [0.2, 0.25) is 5.91 Å². The van der Waals surface area contributed by atoms with Crippen molar-refractivity contribution in [1.82, 2.24) is 0 Å². The molecule has 1 heterocycles. The molecule has 0 radical (unpaired) electrons. The van der Waals surface area contributed by atoms with Gasteiger partial charge in [0.1, 0.15) is 5.76 Å². The standard InChI is InChI=1S/C17H16N2O2S/c1-13(11-18)12-22-16-7-3-2-6-15(16)19-17(20)9-8-14-5-4-10-21-14/h2-10,13H,12H2,1H3,(H,19,20)/b9-8+. The first-order valence-electron chi connectivity index (χ1n) is 6.83. The van der Waals surface area contributed by atoms with Crippen LogP contribution in [0.5, 0.6) is 0 Å². The van der Waals surface area contributed by atoms with Gasteiger partial charge in [-0.2, -0.15) is 5.26 Å². The van der Waals surface area contributed by atoms with Crippen molar-refractivity contribution in [1.29, 1.82) is 5.26 Å². The molecule has 4 nitrogen and oxygen atoms in total. The molecular weight excluding hydrogens is 296 g/mol. The minimum absolute atomic E-state index is 0.0346. The number of anilines is 1. The lowest BCUT2D eigenvalue weighted by Gasteiger charge is -2.09. The molecule has 0 fully saturated rings. The normalized spacial score (nSPS) is 12.0. The van der Waals surface area contributed by atoms with Crippen LogP contribution in [-0.2, 0) is 4.79 Å². The number of benzene rings is 1. The van der Waals surface area contributed by atoms with Crippen molar-refractivity contribution in [2.45, 2.75) is 11.8 Å². The molecule has 0 aliphatic carbocycles. The molecule has 1 unspecified atom stereocenters. The van der Waals surface area contributed by atoms with E-state index in [9.17, 15) is 4.79 Å². The summed E-state index contributed by atoms with van der Waals surface area (Å²) in [6.07, 6.45) is 4.60. The maximum atomic E-state index is 12.0. The first-order valence-corrected chi connectivity index (χ1v) is 7.81. The number of hydrogen-bond acceptors (Lipinski definition) is 4. The Labute approximate surface area is 133 Å². The predicted molar refractivity (Wildman–Crippen MR) is 88.3 cm³/mol. The molecule has 2 rings (SSSR count). The maximum Gasteiger partial charge on any atom is 0.248 e. The summed E-state index contributed by atoms with van der Waals surface area (Å²) in [5.74, 6) is 1.05. The molecule has 1 amide bonds. The number of amides is 1. The molecule has 2 aromatic rings. The quantitative estimate of drug-likeness (QED) is 0.642. The topological polar surface area (TPSA) is 66.0 Å². The zero-order valence-electron chi connectivity index (χ0n) is 12.2. The number of nitrogens with zero attached hydrogens (tertiary/aromatic N) is 1. The van der Waals surface area contributed by atoms with Crippen molar-refractivity contribution in [3.63, 3.8) is 0 Å². The number of para-hydroxylation sites is 1. The Bertz CT molecular complexity index is 687. The fourth-order valence-corrected chi connectivity index (χ4v) is 2.62. The van der Waals surface area contributed by atoms with E-state index in [-0.39, 0.29) is 11.8 Å². The molecule has 0 saturated heterocycles. The van der Waals surface area contributed by atoms with Crippen molar-refractivity contribution in [2.24, 2.45) is 5.92 Å². The lowest BCUT2D eigenvalue weighted by atomic mass is 10.3. The molecule has 0 spiro atoms. The van der Waals surface area contributed by atoms with Gasteiger partial charge in [0, 0.05) is 16.7 Å². The lowest BCUT2D eigenvalue weighted by Crippen LogP contribution is -2.08. The third-order valence-electron chi connectivity index (χ3n) is 2.80. The molecule has 0 aliphatic rings. The number of carbonyl (C=O) groups is 1. The molecule has 1 N–H and O–H groups in total. The number of thioether (sulfide) groups is 1. The van der Waals surface area contributed by atoms with E-state index in [0.29, 0.717) is 11.5 Å². The summed E-state index contributed by atoms with van der Waals surface area (Å²) in [5, 5.41) is 11.7. The van der Waals surface area contributed by atoms with E-state index in [2.05, 4.69) is 11.4 Å². The summed E-state index contributed by atoms with van der Waals surface area (Å²) in [4.78, 5) is 12.9. The van der Waals surface area contributed by atoms with E-state index >= 15 is 0 Å². The SMILES string of the molecule is CC(C#N)CSc1ccccc1NC(=O)/C=C/c1ccco1. The van der Waals surface area contributed by atoms with Crippen molar-refractivity contribution in [3.05, 3.63) is 54.5 Å². The number of nitrogens with one attached hydrogen (secondary N) is 1. The molecular formula is C17H16N2O2S. The monoisotopic (exact) mass is 312 g/mol. The van der Waals surface area contributed by atoms with Gasteiger partial charge in [-0.15, -0.1) is 11.8 Å². The highest BCUT2D eigenvalue weighted by Crippen LogP contribution is 2.28. The average Bonchev–Trinajstić information content (AvgIpc) is 3.05. The van der Waals surface area contributed by atoms with E-state index in [4.69, 9.17) is 9.68 Å². The molecule has 112 valence electrons. The van der Waals surface area contributed by atoms with Crippen LogP contribution in [0, 0.1) is 17.2 Å². The van der Waals surface area contributed by atoms with Crippen molar-refractivity contribution in [2.75, 3.05) is 11.1 Å². The van der Waals surface area contributed by atoms with Crippen LogP contribution in [0.1, 0.15) is 12.7 Å². The van der Waals surface area contributed by atoms with Crippen molar-refractivity contribution >= 4 is 29.4 Å². The van der Waals surface area contributed by atoms with Gasteiger partial charge in [-0.05, 0) is 37.3 Å². The number of hydrogen-bond donors (Lipinski definition) is 1. The number of nitriles is 1. The Hall–Kier alpha value is -2.45. The first kappa shape index (κ1) is 15.9. The van der Waals surface area contributed by atoms with E-state index in [1.807, 2.05) is 31.2 Å². The summed E-state index contributed by atoms with van der Waals surface area (Å²) in [6, 6.07) is 13.3. The van der Waals surface area contributed by atoms with Gasteiger partial charge < -0.3 is 9.73 Å². The largest absolute Gasteiger partial charge is 0.465 e. The second-order valence-electron chi connectivity index (χ2n) is 4.68. The van der Waals surface area contributed by atoms with E-state index < -0.39 is 0 Å². The molecule has 0 bridgehead atoms. The minimum Gasteiger partial charge on any atom is -0.465 e. The van der Waals surface area contributed by atoms with E-state index in [0.717, 1.165) is 10.6 Å². The van der Waals surface area contributed by atoms with Crippen LogP contribution in [0.2, 0.25) is 0 Å². The van der Waals surface area contributed by atoms with Gasteiger partial charge in [-0.3, -0.25) is 4.79 Å². The zero-order chi connectivity index (χ0) is 15.8. The van der Waals surface area contributed by atoms with E-state index in [1.54, 1.807) is 36.2 Å². The first-order chi connectivity index (χ1) is 10.7. The molecule has 5 heteroatoms. The molecule has 1 atom stereocenters. The zero-order valence-corrected chi connectivity index (χ0v) is 13.0. The third kappa shape index (κ3) is 4.83. The molecule has 0 saturated carbocycles. The summed E-state index contributed by atoms with van der Waals surface area (Å²) in [7, 11) is 0. The summed E-state index contributed by atoms with van der Waals surface area (Å²) in [5.41, 5.74) is 0.742. The second-order valence-corrected chi connectivity index (χ2v) is 5.74. The molecule has 22 heavy (non-hydrogen) atoms. The van der Waals surface area contributed by atoms with Crippen LogP contribution < -0.4 is 5.32 Å².